The molecule has 0 bridgehead atoms. The molecule has 2 aromatic rings. The molecule has 2 heterocycles. The Balaban J connectivity index is 1.67. The molecule has 1 saturated carbocycles. The molecule has 0 unspecified atom stereocenters. The Morgan fingerprint density at radius 3 is 3.15 bits per heavy atom. The second-order valence-electron chi connectivity index (χ2n) is 4.86. The van der Waals surface area contributed by atoms with Gasteiger partial charge in [-0.2, -0.15) is 10.2 Å². The van der Waals surface area contributed by atoms with E-state index in [9.17, 15) is 4.79 Å². The van der Waals surface area contributed by atoms with Crippen LogP contribution >= 0.6 is 11.6 Å². The number of furan rings is 1. The summed E-state index contributed by atoms with van der Waals surface area (Å²) in [6, 6.07) is 3.83. The molecule has 2 atom stereocenters. The maximum atomic E-state index is 11.2. The van der Waals surface area contributed by atoms with Crippen molar-refractivity contribution in [2.45, 2.75) is 19.3 Å². The molecule has 104 valence electrons. The summed E-state index contributed by atoms with van der Waals surface area (Å²) >= 11 is 5.80. The molecule has 6 nitrogen and oxygen atoms in total. The summed E-state index contributed by atoms with van der Waals surface area (Å²) in [4.78, 5) is 11.2. The highest BCUT2D eigenvalue weighted by atomic mass is 35.5. The predicted molar refractivity (Wildman–Crippen MR) is 76.3 cm³/mol. The summed E-state index contributed by atoms with van der Waals surface area (Å²) in [7, 11) is 0. The Morgan fingerprint density at radius 2 is 2.40 bits per heavy atom. The highest BCUT2D eigenvalue weighted by Gasteiger charge is 2.36. The first-order valence-corrected chi connectivity index (χ1v) is 6.65. The van der Waals surface area contributed by atoms with Crippen LogP contribution in [0.15, 0.2) is 32.6 Å². The van der Waals surface area contributed by atoms with Crippen molar-refractivity contribution in [2.75, 3.05) is 5.43 Å². The Kier molecular flexibility index (Phi) is 3.31. The van der Waals surface area contributed by atoms with Crippen molar-refractivity contribution >= 4 is 23.5 Å². The van der Waals surface area contributed by atoms with Crippen molar-refractivity contribution in [3.05, 3.63) is 45.2 Å². The first kappa shape index (κ1) is 12.9. The number of nitrogens with one attached hydrogen (secondary N) is 2. The largest absolute Gasteiger partial charge is 0.460 e. The van der Waals surface area contributed by atoms with Gasteiger partial charge in [-0.15, -0.1) is 0 Å². The lowest BCUT2D eigenvalue weighted by atomic mass is 10.3. The summed E-state index contributed by atoms with van der Waals surface area (Å²) in [5, 5.41) is 9.86. The fourth-order valence-corrected chi connectivity index (χ4v) is 2.12. The van der Waals surface area contributed by atoms with E-state index in [1.165, 1.54) is 18.8 Å². The van der Waals surface area contributed by atoms with Gasteiger partial charge < -0.3 is 4.42 Å². The SMILES string of the molecule is C[C@@H]1C[C@H]1c1ccc(/C=N\Nc2cn[nH]c(=O)c2Cl)o1. The third-order valence-corrected chi connectivity index (χ3v) is 3.67. The van der Waals surface area contributed by atoms with Gasteiger partial charge in [0.15, 0.2) is 0 Å². The lowest BCUT2D eigenvalue weighted by Crippen LogP contribution is -2.09. The minimum Gasteiger partial charge on any atom is -0.460 e. The first-order valence-electron chi connectivity index (χ1n) is 6.27. The van der Waals surface area contributed by atoms with Crippen LogP contribution in [0.3, 0.4) is 0 Å². The van der Waals surface area contributed by atoms with Gasteiger partial charge in [-0.1, -0.05) is 18.5 Å². The van der Waals surface area contributed by atoms with Crippen LogP contribution < -0.4 is 11.0 Å². The van der Waals surface area contributed by atoms with E-state index in [4.69, 9.17) is 16.0 Å². The lowest BCUT2D eigenvalue weighted by molar-refractivity contribution is 0.500. The van der Waals surface area contributed by atoms with Crippen LogP contribution in [0.5, 0.6) is 0 Å². The zero-order valence-corrected chi connectivity index (χ0v) is 11.5. The maximum Gasteiger partial charge on any atom is 0.285 e. The Labute approximate surface area is 119 Å². The van der Waals surface area contributed by atoms with Crippen molar-refractivity contribution in [3.63, 3.8) is 0 Å². The summed E-state index contributed by atoms with van der Waals surface area (Å²) < 4.78 is 5.66. The summed E-state index contributed by atoms with van der Waals surface area (Å²) in [6.07, 6.45) is 4.10. The van der Waals surface area contributed by atoms with Crippen molar-refractivity contribution in [2.24, 2.45) is 11.0 Å². The third kappa shape index (κ3) is 2.60. The van der Waals surface area contributed by atoms with Crippen molar-refractivity contribution < 1.29 is 4.42 Å². The number of H-pyrrole nitrogens is 1. The average Bonchev–Trinajstić information content (AvgIpc) is 2.98. The molecule has 2 aromatic heterocycles. The van der Waals surface area contributed by atoms with E-state index in [0.29, 0.717) is 23.3 Å². The number of nitrogens with zero attached hydrogens (tertiary/aromatic N) is 2. The summed E-state index contributed by atoms with van der Waals surface area (Å²) in [6.45, 7) is 2.20. The molecular weight excluding hydrogens is 280 g/mol. The monoisotopic (exact) mass is 292 g/mol. The molecule has 1 fully saturated rings. The van der Waals surface area contributed by atoms with Crippen LogP contribution in [0.25, 0.3) is 0 Å². The highest BCUT2D eigenvalue weighted by molar-refractivity contribution is 6.32. The molecule has 20 heavy (non-hydrogen) atoms. The predicted octanol–water partition coefficient (Wildman–Crippen LogP) is 2.59. The van der Waals surface area contributed by atoms with E-state index in [0.717, 1.165) is 5.76 Å². The molecule has 3 rings (SSSR count). The molecule has 0 amide bonds. The molecule has 1 aliphatic carbocycles. The summed E-state index contributed by atoms with van der Waals surface area (Å²) in [5.74, 6) is 2.89. The van der Waals surface area contributed by atoms with Crippen LogP contribution in [0.4, 0.5) is 5.69 Å². The molecule has 0 aliphatic heterocycles. The Bertz CT molecular complexity index is 706. The van der Waals surface area contributed by atoms with Crippen molar-refractivity contribution in [1.29, 1.82) is 0 Å². The second-order valence-corrected chi connectivity index (χ2v) is 5.23. The standard InChI is InChI=1S/C13H13ClN4O2/c1-7-4-9(7)11-3-2-8(20-11)5-15-17-10-6-16-18-13(19)12(10)14/h2-3,5-7,9H,4H2,1H3,(H2,17,18,19)/b15-5-/t7-,9-/m1/s1. The van der Waals surface area contributed by atoms with Crippen LogP contribution in [-0.2, 0) is 0 Å². The van der Waals surface area contributed by atoms with Crippen LogP contribution in [0, 0.1) is 5.92 Å². The number of hydrogen-bond acceptors (Lipinski definition) is 5. The highest BCUT2D eigenvalue weighted by Crippen LogP contribution is 2.47. The van der Waals surface area contributed by atoms with E-state index in [-0.39, 0.29) is 5.02 Å². The quantitative estimate of drug-likeness (QED) is 0.670. The van der Waals surface area contributed by atoms with Gasteiger partial charge in [0.1, 0.15) is 22.2 Å². The normalized spacial score (nSPS) is 21.3. The van der Waals surface area contributed by atoms with E-state index in [1.807, 2.05) is 12.1 Å². The van der Waals surface area contributed by atoms with E-state index in [1.54, 1.807) is 0 Å². The van der Waals surface area contributed by atoms with Gasteiger partial charge in [-0.25, -0.2) is 5.10 Å². The van der Waals surface area contributed by atoms with Crippen molar-refractivity contribution in [3.8, 4) is 0 Å². The number of aromatic amines is 1. The zero-order chi connectivity index (χ0) is 14.1. The Morgan fingerprint density at radius 1 is 1.60 bits per heavy atom. The first-order chi connectivity index (χ1) is 9.65. The molecule has 0 radical (unpaired) electrons. The minimum atomic E-state index is -0.463. The van der Waals surface area contributed by atoms with Gasteiger partial charge >= 0.3 is 0 Å². The number of anilines is 1. The molecule has 0 aromatic carbocycles. The fraction of sp³-hybridized carbons (Fsp3) is 0.308. The van der Waals surface area contributed by atoms with E-state index >= 15 is 0 Å². The van der Waals surface area contributed by atoms with Gasteiger partial charge in [0, 0.05) is 5.92 Å². The molecule has 1 aliphatic rings. The van der Waals surface area contributed by atoms with Crippen LogP contribution in [0.1, 0.15) is 30.8 Å². The average molecular weight is 293 g/mol. The van der Waals surface area contributed by atoms with Gasteiger partial charge in [0.2, 0.25) is 0 Å². The molecule has 0 saturated heterocycles. The van der Waals surface area contributed by atoms with E-state index < -0.39 is 5.56 Å². The van der Waals surface area contributed by atoms with Crippen LogP contribution in [0.2, 0.25) is 5.02 Å². The third-order valence-electron chi connectivity index (χ3n) is 3.29. The van der Waals surface area contributed by atoms with Crippen molar-refractivity contribution in [1.82, 2.24) is 10.2 Å². The van der Waals surface area contributed by atoms with Gasteiger partial charge in [-0.05, 0) is 24.5 Å². The van der Waals surface area contributed by atoms with Gasteiger partial charge in [0.05, 0.1) is 12.4 Å². The van der Waals surface area contributed by atoms with Gasteiger partial charge in [-0.3, -0.25) is 10.2 Å². The number of hydrogen-bond donors (Lipinski definition) is 2. The zero-order valence-electron chi connectivity index (χ0n) is 10.8. The second kappa shape index (κ2) is 5.13. The smallest absolute Gasteiger partial charge is 0.285 e. The number of halogens is 1. The molecule has 2 N–H and O–H groups in total. The molecular formula is C13H13ClN4O2. The Hall–Kier alpha value is -2.08. The molecule has 0 spiro atoms. The summed E-state index contributed by atoms with van der Waals surface area (Å²) in [5.41, 5.74) is 2.54. The van der Waals surface area contributed by atoms with E-state index in [2.05, 4.69) is 27.6 Å². The minimum absolute atomic E-state index is 0.0177. The maximum absolute atomic E-state index is 11.2. The molecule has 7 heteroatoms. The van der Waals surface area contributed by atoms with Crippen LogP contribution in [-0.4, -0.2) is 16.4 Å². The number of hydrazone groups is 1. The lowest BCUT2D eigenvalue weighted by Gasteiger charge is -1.99. The van der Waals surface area contributed by atoms with Gasteiger partial charge in [0.25, 0.3) is 5.56 Å². The number of aromatic nitrogens is 2. The fourth-order valence-electron chi connectivity index (χ4n) is 1.98. The topological polar surface area (TPSA) is 83.3 Å². The number of rotatable bonds is 4.